The second-order valence-electron chi connectivity index (χ2n) is 5.17. The van der Waals surface area contributed by atoms with E-state index in [1.165, 1.54) is 0 Å². The van der Waals surface area contributed by atoms with Crippen molar-refractivity contribution in [1.82, 2.24) is 10.3 Å². The van der Waals surface area contributed by atoms with E-state index >= 15 is 0 Å². The number of ether oxygens (including phenoxy) is 1. The monoisotopic (exact) mass is 299 g/mol. The summed E-state index contributed by atoms with van der Waals surface area (Å²) < 4.78 is 5.68. The van der Waals surface area contributed by atoms with Crippen molar-refractivity contribution >= 4 is 11.6 Å². The number of carbonyl (C=O) groups excluding carboxylic acids is 1. The van der Waals surface area contributed by atoms with Crippen LogP contribution in [0.3, 0.4) is 0 Å². The summed E-state index contributed by atoms with van der Waals surface area (Å²) in [5, 5.41) is 5.96. The number of hydrogen-bond acceptors (Lipinski definition) is 4. The van der Waals surface area contributed by atoms with E-state index < -0.39 is 0 Å². The van der Waals surface area contributed by atoms with Crippen LogP contribution in [0.15, 0.2) is 48.8 Å². The average molecular weight is 299 g/mol. The van der Waals surface area contributed by atoms with Gasteiger partial charge in [0.15, 0.2) is 0 Å². The summed E-state index contributed by atoms with van der Waals surface area (Å²) in [5.41, 5.74) is 1.78. The van der Waals surface area contributed by atoms with Crippen molar-refractivity contribution in [3.63, 3.8) is 0 Å². The van der Waals surface area contributed by atoms with Gasteiger partial charge in [-0.05, 0) is 43.7 Å². The Morgan fingerprint density at radius 1 is 1.18 bits per heavy atom. The molecular formula is C17H21N3O2. The van der Waals surface area contributed by atoms with Crippen LogP contribution >= 0.6 is 0 Å². The predicted molar refractivity (Wildman–Crippen MR) is 86.8 cm³/mol. The molecule has 0 aliphatic carbocycles. The summed E-state index contributed by atoms with van der Waals surface area (Å²) in [5.74, 6) is 0.578. The van der Waals surface area contributed by atoms with E-state index in [0.717, 1.165) is 5.56 Å². The highest BCUT2D eigenvalue weighted by Crippen LogP contribution is 2.24. The maximum absolute atomic E-state index is 12.0. The second-order valence-corrected chi connectivity index (χ2v) is 5.17. The van der Waals surface area contributed by atoms with Gasteiger partial charge in [-0.1, -0.05) is 12.1 Å². The third-order valence-corrected chi connectivity index (χ3v) is 2.89. The first-order valence-electron chi connectivity index (χ1n) is 7.30. The van der Waals surface area contributed by atoms with E-state index in [1.54, 1.807) is 12.4 Å². The first-order valence-corrected chi connectivity index (χ1v) is 7.30. The molecule has 116 valence electrons. The highest BCUT2D eigenvalue weighted by molar-refractivity contribution is 5.93. The molecule has 1 aromatic carbocycles. The van der Waals surface area contributed by atoms with Gasteiger partial charge in [-0.3, -0.25) is 9.78 Å². The molecule has 5 heteroatoms. The minimum atomic E-state index is -0.103. The third-order valence-electron chi connectivity index (χ3n) is 2.89. The van der Waals surface area contributed by atoms with Crippen LogP contribution in [-0.4, -0.2) is 23.5 Å². The number of hydrogen-bond donors (Lipinski definition) is 2. The summed E-state index contributed by atoms with van der Waals surface area (Å²) in [7, 11) is 0. The first-order chi connectivity index (χ1) is 10.6. The molecule has 0 saturated heterocycles. The second kappa shape index (κ2) is 8.14. The predicted octanol–water partition coefficient (Wildman–Crippen LogP) is 2.60. The molecule has 2 N–H and O–H groups in total. The van der Waals surface area contributed by atoms with E-state index in [0.29, 0.717) is 18.0 Å². The van der Waals surface area contributed by atoms with Crippen molar-refractivity contribution in [1.29, 1.82) is 0 Å². The Bertz CT molecular complexity index is 600. The van der Waals surface area contributed by atoms with E-state index in [9.17, 15) is 4.79 Å². The van der Waals surface area contributed by atoms with Crippen molar-refractivity contribution < 1.29 is 9.53 Å². The van der Waals surface area contributed by atoms with Crippen molar-refractivity contribution in [2.45, 2.75) is 26.5 Å². The standard InChI is InChI=1S/C17H21N3O2/c1-13(2)22-16-6-4-3-5-15(16)20-17(21)12-19-11-14-7-9-18-10-8-14/h3-10,13,19H,11-12H2,1-2H3,(H,20,21). The maximum Gasteiger partial charge on any atom is 0.238 e. The lowest BCUT2D eigenvalue weighted by Crippen LogP contribution is -2.28. The zero-order valence-corrected chi connectivity index (χ0v) is 12.9. The molecule has 0 spiro atoms. The van der Waals surface area contributed by atoms with Gasteiger partial charge >= 0.3 is 0 Å². The molecule has 1 amide bonds. The third kappa shape index (κ3) is 5.18. The Labute approximate surface area is 130 Å². The Kier molecular flexibility index (Phi) is 5.91. The Hall–Kier alpha value is -2.40. The van der Waals surface area contributed by atoms with Gasteiger partial charge in [0, 0.05) is 18.9 Å². The van der Waals surface area contributed by atoms with E-state index in [1.807, 2.05) is 50.2 Å². The normalized spacial score (nSPS) is 10.5. The molecule has 5 nitrogen and oxygen atoms in total. The van der Waals surface area contributed by atoms with Gasteiger partial charge in [0.05, 0.1) is 18.3 Å². The summed E-state index contributed by atoms with van der Waals surface area (Å²) in [6.45, 7) is 4.77. The van der Waals surface area contributed by atoms with Crippen LogP contribution in [0, 0.1) is 0 Å². The molecule has 0 radical (unpaired) electrons. The fraction of sp³-hybridized carbons (Fsp3) is 0.294. The van der Waals surface area contributed by atoms with Gasteiger partial charge in [0.2, 0.25) is 5.91 Å². The van der Waals surface area contributed by atoms with Crippen LogP contribution in [0.2, 0.25) is 0 Å². The number of para-hydroxylation sites is 2. The quantitative estimate of drug-likeness (QED) is 0.825. The lowest BCUT2D eigenvalue weighted by Gasteiger charge is -2.15. The van der Waals surface area contributed by atoms with Gasteiger partial charge in [-0.25, -0.2) is 0 Å². The number of benzene rings is 1. The fourth-order valence-corrected chi connectivity index (χ4v) is 1.94. The summed E-state index contributed by atoms with van der Waals surface area (Å²) >= 11 is 0. The molecule has 0 unspecified atom stereocenters. The fourth-order valence-electron chi connectivity index (χ4n) is 1.94. The molecule has 0 bridgehead atoms. The summed E-state index contributed by atoms with van der Waals surface area (Å²) in [4.78, 5) is 16.0. The van der Waals surface area contributed by atoms with Crippen molar-refractivity contribution in [3.8, 4) is 5.75 Å². The topological polar surface area (TPSA) is 63.2 Å². The smallest absolute Gasteiger partial charge is 0.238 e. The largest absolute Gasteiger partial charge is 0.489 e. The highest BCUT2D eigenvalue weighted by Gasteiger charge is 2.08. The molecule has 1 aromatic heterocycles. The van der Waals surface area contributed by atoms with Crippen molar-refractivity contribution in [2.75, 3.05) is 11.9 Å². The molecule has 22 heavy (non-hydrogen) atoms. The maximum atomic E-state index is 12.0. The summed E-state index contributed by atoms with van der Waals surface area (Å²) in [6.07, 6.45) is 3.52. The van der Waals surface area contributed by atoms with Gasteiger partial charge in [0.1, 0.15) is 5.75 Å². The minimum Gasteiger partial charge on any atom is -0.489 e. The number of rotatable bonds is 7. The van der Waals surface area contributed by atoms with E-state index in [4.69, 9.17) is 4.74 Å². The van der Waals surface area contributed by atoms with Crippen LogP contribution in [0.4, 0.5) is 5.69 Å². The molecule has 0 aliphatic rings. The Morgan fingerprint density at radius 3 is 2.64 bits per heavy atom. The van der Waals surface area contributed by atoms with Crippen molar-refractivity contribution in [2.24, 2.45) is 0 Å². The van der Waals surface area contributed by atoms with Crippen LogP contribution in [0.1, 0.15) is 19.4 Å². The minimum absolute atomic E-state index is 0.0582. The molecule has 2 aromatic rings. The van der Waals surface area contributed by atoms with Crippen LogP contribution in [-0.2, 0) is 11.3 Å². The Morgan fingerprint density at radius 2 is 1.91 bits per heavy atom. The SMILES string of the molecule is CC(C)Oc1ccccc1NC(=O)CNCc1ccncc1. The van der Waals surface area contributed by atoms with Gasteiger partial charge in [-0.2, -0.15) is 0 Å². The molecule has 0 atom stereocenters. The summed E-state index contributed by atoms with van der Waals surface area (Å²) in [6, 6.07) is 11.3. The molecule has 0 saturated carbocycles. The van der Waals surface area contributed by atoms with Crippen LogP contribution in [0.5, 0.6) is 5.75 Å². The number of aromatic nitrogens is 1. The highest BCUT2D eigenvalue weighted by atomic mass is 16.5. The van der Waals surface area contributed by atoms with E-state index in [-0.39, 0.29) is 18.6 Å². The number of carbonyl (C=O) groups is 1. The average Bonchev–Trinajstić information content (AvgIpc) is 2.50. The number of nitrogens with zero attached hydrogens (tertiary/aromatic N) is 1. The number of anilines is 1. The zero-order valence-electron chi connectivity index (χ0n) is 12.9. The zero-order chi connectivity index (χ0) is 15.8. The first kappa shape index (κ1) is 16.0. The lowest BCUT2D eigenvalue weighted by atomic mass is 10.2. The number of nitrogens with one attached hydrogen (secondary N) is 2. The van der Waals surface area contributed by atoms with Gasteiger partial charge < -0.3 is 15.4 Å². The number of amides is 1. The molecule has 0 fully saturated rings. The van der Waals surface area contributed by atoms with Crippen molar-refractivity contribution in [3.05, 3.63) is 54.4 Å². The molecule has 1 heterocycles. The van der Waals surface area contributed by atoms with Crippen LogP contribution < -0.4 is 15.4 Å². The lowest BCUT2D eigenvalue weighted by molar-refractivity contribution is -0.115. The number of pyridine rings is 1. The Balaban J connectivity index is 1.84. The molecular weight excluding hydrogens is 278 g/mol. The van der Waals surface area contributed by atoms with Gasteiger partial charge in [-0.15, -0.1) is 0 Å². The molecule has 2 rings (SSSR count). The molecule has 0 aliphatic heterocycles. The van der Waals surface area contributed by atoms with Gasteiger partial charge in [0.25, 0.3) is 0 Å². The van der Waals surface area contributed by atoms with Crippen LogP contribution in [0.25, 0.3) is 0 Å². The van der Waals surface area contributed by atoms with E-state index in [2.05, 4.69) is 15.6 Å².